The van der Waals surface area contributed by atoms with Crippen molar-refractivity contribution in [2.75, 3.05) is 5.32 Å². The van der Waals surface area contributed by atoms with Gasteiger partial charge in [-0.2, -0.15) is 0 Å². The second kappa shape index (κ2) is 10.7. The third-order valence-electron chi connectivity index (χ3n) is 6.20. The first-order valence-corrected chi connectivity index (χ1v) is 13.1. The van der Waals surface area contributed by atoms with E-state index in [0.717, 1.165) is 32.3 Å². The van der Waals surface area contributed by atoms with Crippen LogP contribution in [0.3, 0.4) is 0 Å². The van der Waals surface area contributed by atoms with Crippen LogP contribution in [0.2, 0.25) is 5.02 Å². The molecule has 0 fully saturated rings. The van der Waals surface area contributed by atoms with Gasteiger partial charge in [0, 0.05) is 26.2 Å². The van der Waals surface area contributed by atoms with Crippen LogP contribution >= 0.6 is 22.9 Å². The van der Waals surface area contributed by atoms with Gasteiger partial charge in [0.1, 0.15) is 17.5 Å². The van der Waals surface area contributed by atoms with E-state index in [1.807, 2.05) is 66.0 Å². The zero-order chi connectivity index (χ0) is 26.8. The standard InChI is InChI=1S/C29H23ClN2O5S/c1-16-26(31-29(35)36-17(2)20-5-3-4-6-24(20)30)27(37-32-16)23-12-11-21(22-13-14-38-28(22)23)19-9-7-18(8-10-19)15-25(33)34/h3-14,17H,15H2,1-2H3,(H,31,35)(H,33,34). The normalized spacial score (nSPS) is 11.9. The minimum atomic E-state index is -0.865. The SMILES string of the molecule is Cc1noc(-c2ccc(-c3ccc(CC(=O)O)cc3)c3ccsc23)c1NC(=O)OC(C)c1ccccc1Cl. The molecule has 2 aromatic heterocycles. The Kier molecular flexibility index (Phi) is 7.18. The Hall–Kier alpha value is -4.14. The fourth-order valence-electron chi connectivity index (χ4n) is 4.33. The molecule has 2 heterocycles. The highest BCUT2D eigenvalue weighted by atomic mass is 35.5. The molecule has 1 atom stereocenters. The van der Waals surface area contributed by atoms with Crippen molar-refractivity contribution in [3.05, 3.63) is 94.0 Å². The van der Waals surface area contributed by atoms with Gasteiger partial charge >= 0.3 is 12.1 Å². The maximum absolute atomic E-state index is 12.8. The Labute approximate surface area is 227 Å². The van der Waals surface area contributed by atoms with Gasteiger partial charge in [-0.15, -0.1) is 11.3 Å². The van der Waals surface area contributed by atoms with Gasteiger partial charge in [0.15, 0.2) is 5.76 Å². The number of aliphatic carboxylic acids is 1. The molecule has 0 saturated carbocycles. The highest BCUT2D eigenvalue weighted by Gasteiger charge is 2.23. The first-order valence-electron chi connectivity index (χ1n) is 11.8. The molecule has 3 aromatic carbocycles. The zero-order valence-electron chi connectivity index (χ0n) is 20.5. The molecule has 38 heavy (non-hydrogen) atoms. The zero-order valence-corrected chi connectivity index (χ0v) is 22.1. The number of thiophene rings is 1. The monoisotopic (exact) mass is 546 g/mol. The largest absolute Gasteiger partial charge is 0.481 e. The summed E-state index contributed by atoms with van der Waals surface area (Å²) < 4.78 is 12.2. The molecule has 5 aromatic rings. The Bertz CT molecular complexity index is 1640. The molecule has 7 nitrogen and oxygen atoms in total. The molecule has 1 amide bonds. The van der Waals surface area contributed by atoms with Gasteiger partial charge in [0.05, 0.1) is 6.42 Å². The van der Waals surface area contributed by atoms with Crippen molar-refractivity contribution in [2.24, 2.45) is 0 Å². The fraction of sp³-hybridized carbons (Fsp3) is 0.138. The molecule has 0 aliphatic heterocycles. The number of hydrogen-bond donors (Lipinski definition) is 2. The molecule has 0 bridgehead atoms. The summed E-state index contributed by atoms with van der Waals surface area (Å²) in [7, 11) is 0. The maximum atomic E-state index is 12.8. The van der Waals surface area contributed by atoms with E-state index < -0.39 is 18.2 Å². The first kappa shape index (κ1) is 25.5. The van der Waals surface area contributed by atoms with Crippen molar-refractivity contribution >= 4 is 50.8 Å². The molecule has 0 radical (unpaired) electrons. The summed E-state index contributed by atoms with van der Waals surface area (Å²) in [5.41, 5.74) is 5.16. The average Bonchev–Trinajstić information content (AvgIpc) is 3.51. The molecule has 0 spiro atoms. The van der Waals surface area contributed by atoms with Crippen LogP contribution in [-0.4, -0.2) is 22.3 Å². The molecule has 0 aliphatic carbocycles. The highest BCUT2D eigenvalue weighted by Crippen LogP contribution is 2.42. The number of hydrogen-bond acceptors (Lipinski definition) is 6. The number of amides is 1. The number of halogens is 1. The predicted octanol–water partition coefficient (Wildman–Crippen LogP) is 8.12. The van der Waals surface area contributed by atoms with Crippen LogP contribution in [0.5, 0.6) is 0 Å². The Morgan fingerprint density at radius 2 is 1.82 bits per heavy atom. The van der Waals surface area contributed by atoms with E-state index in [-0.39, 0.29) is 6.42 Å². The van der Waals surface area contributed by atoms with Crippen LogP contribution in [0.25, 0.3) is 32.5 Å². The topological polar surface area (TPSA) is 102 Å². The van der Waals surface area contributed by atoms with Crippen LogP contribution in [-0.2, 0) is 16.0 Å². The third kappa shape index (κ3) is 5.14. The van der Waals surface area contributed by atoms with Crippen molar-refractivity contribution in [1.82, 2.24) is 5.16 Å². The van der Waals surface area contributed by atoms with E-state index >= 15 is 0 Å². The van der Waals surface area contributed by atoms with Crippen molar-refractivity contribution in [2.45, 2.75) is 26.4 Å². The Balaban J connectivity index is 1.43. The second-order valence-electron chi connectivity index (χ2n) is 8.76. The smallest absolute Gasteiger partial charge is 0.412 e. The van der Waals surface area contributed by atoms with Gasteiger partial charge in [-0.3, -0.25) is 10.1 Å². The number of fused-ring (bicyclic) bond motifs is 1. The predicted molar refractivity (Wildman–Crippen MR) is 149 cm³/mol. The number of carbonyl (C=O) groups excluding carboxylic acids is 1. The minimum Gasteiger partial charge on any atom is -0.481 e. The Morgan fingerprint density at radius 1 is 1.08 bits per heavy atom. The van der Waals surface area contributed by atoms with Gasteiger partial charge in [-0.05, 0) is 54.1 Å². The van der Waals surface area contributed by atoms with E-state index in [2.05, 4.69) is 10.5 Å². The van der Waals surface area contributed by atoms with Gasteiger partial charge in [0.2, 0.25) is 0 Å². The van der Waals surface area contributed by atoms with Gasteiger partial charge in [0.25, 0.3) is 0 Å². The van der Waals surface area contributed by atoms with Gasteiger partial charge < -0.3 is 14.4 Å². The van der Waals surface area contributed by atoms with Crippen LogP contribution in [0.4, 0.5) is 10.5 Å². The summed E-state index contributed by atoms with van der Waals surface area (Å²) in [4.78, 5) is 23.8. The number of carbonyl (C=O) groups is 2. The molecule has 0 saturated heterocycles. The van der Waals surface area contributed by atoms with Crippen molar-refractivity contribution in [3.8, 4) is 22.5 Å². The lowest BCUT2D eigenvalue weighted by molar-refractivity contribution is -0.136. The van der Waals surface area contributed by atoms with E-state index in [1.165, 1.54) is 0 Å². The molecule has 0 aliphatic rings. The third-order valence-corrected chi connectivity index (χ3v) is 7.49. The number of rotatable bonds is 7. The molecule has 2 N–H and O–H groups in total. The molecule has 5 rings (SSSR count). The van der Waals surface area contributed by atoms with E-state index in [4.69, 9.17) is 26.0 Å². The van der Waals surface area contributed by atoms with Crippen molar-refractivity contribution < 1.29 is 24.0 Å². The number of aryl methyl sites for hydroxylation is 1. The van der Waals surface area contributed by atoms with Crippen LogP contribution in [0, 0.1) is 6.92 Å². The summed E-state index contributed by atoms with van der Waals surface area (Å²) in [6.07, 6.45) is -1.23. The summed E-state index contributed by atoms with van der Waals surface area (Å²) in [5.74, 6) is -0.433. The molecular weight excluding hydrogens is 524 g/mol. The number of nitrogens with one attached hydrogen (secondary N) is 1. The number of ether oxygens (including phenoxy) is 1. The second-order valence-corrected chi connectivity index (χ2v) is 10.1. The van der Waals surface area contributed by atoms with Gasteiger partial charge in [-0.1, -0.05) is 65.3 Å². The van der Waals surface area contributed by atoms with Crippen molar-refractivity contribution in [3.63, 3.8) is 0 Å². The first-order chi connectivity index (χ1) is 18.3. The molecule has 1 unspecified atom stereocenters. The molecular formula is C29H23ClN2O5S. The highest BCUT2D eigenvalue weighted by molar-refractivity contribution is 7.17. The molecule has 192 valence electrons. The summed E-state index contributed by atoms with van der Waals surface area (Å²) in [5, 5.41) is 19.4. The quantitative estimate of drug-likeness (QED) is 0.214. The maximum Gasteiger partial charge on any atom is 0.412 e. The number of nitrogens with zero attached hydrogens (tertiary/aromatic N) is 1. The number of aromatic nitrogens is 1. The van der Waals surface area contributed by atoms with Crippen LogP contribution < -0.4 is 5.32 Å². The minimum absolute atomic E-state index is 0.0205. The lowest BCUT2D eigenvalue weighted by Gasteiger charge is -2.15. The summed E-state index contributed by atoms with van der Waals surface area (Å²) in [6, 6.07) is 20.6. The van der Waals surface area contributed by atoms with Crippen molar-refractivity contribution in [1.29, 1.82) is 0 Å². The lowest BCUT2D eigenvalue weighted by Crippen LogP contribution is -2.17. The van der Waals surface area contributed by atoms with E-state index in [0.29, 0.717) is 27.7 Å². The van der Waals surface area contributed by atoms with Crippen LogP contribution in [0.1, 0.15) is 29.8 Å². The average molecular weight is 547 g/mol. The van der Waals surface area contributed by atoms with E-state index in [1.54, 1.807) is 31.3 Å². The number of benzene rings is 3. The fourth-order valence-corrected chi connectivity index (χ4v) is 5.55. The lowest BCUT2D eigenvalue weighted by atomic mass is 9.97. The van der Waals surface area contributed by atoms with Gasteiger partial charge in [-0.25, -0.2) is 4.79 Å². The number of carboxylic acid groups (broad SMARTS) is 1. The Morgan fingerprint density at radius 3 is 2.55 bits per heavy atom. The number of anilines is 1. The summed E-state index contributed by atoms with van der Waals surface area (Å²) >= 11 is 7.80. The summed E-state index contributed by atoms with van der Waals surface area (Å²) in [6.45, 7) is 3.50. The number of carboxylic acids is 1. The van der Waals surface area contributed by atoms with Crippen LogP contribution in [0.15, 0.2) is 76.6 Å². The molecule has 9 heteroatoms. The van der Waals surface area contributed by atoms with E-state index in [9.17, 15) is 9.59 Å².